The van der Waals surface area contributed by atoms with Crippen LogP contribution in [0.15, 0.2) is 23.0 Å². The normalized spacial score (nSPS) is 19.0. The van der Waals surface area contributed by atoms with Crippen molar-refractivity contribution in [1.29, 1.82) is 0 Å². The molecule has 1 atom stereocenters. The van der Waals surface area contributed by atoms with E-state index in [2.05, 4.69) is 14.9 Å². The van der Waals surface area contributed by atoms with Crippen molar-refractivity contribution in [3.05, 3.63) is 45.6 Å². The summed E-state index contributed by atoms with van der Waals surface area (Å²) in [5.41, 5.74) is 1.88. The highest BCUT2D eigenvalue weighted by Crippen LogP contribution is 2.39. The first-order chi connectivity index (χ1) is 13.7. The zero-order valence-electron chi connectivity index (χ0n) is 16.5. The smallest absolute Gasteiger partial charge is 0.251 e. The summed E-state index contributed by atoms with van der Waals surface area (Å²) in [6.07, 6.45) is 2.87. The zero-order chi connectivity index (χ0) is 19.5. The maximum absolute atomic E-state index is 12.0. The van der Waals surface area contributed by atoms with Crippen LogP contribution >= 0.6 is 0 Å². The Bertz CT molecular complexity index is 896. The van der Waals surface area contributed by atoms with Gasteiger partial charge in [0.25, 0.3) is 5.56 Å². The minimum atomic E-state index is -0.0617. The van der Waals surface area contributed by atoms with Crippen molar-refractivity contribution < 1.29 is 14.2 Å². The first kappa shape index (κ1) is 18.8. The lowest BCUT2D eigenvalue weighted by Crippen LogP contribution is -2.35. The fourth-order valence-electron chi connectivity index (χ4n) is 3.95. The van der Waals surface area contributed by atoms with Gasteiger partial charge in [-0.15, -0.1) is 0 Å². The summed E-state index contributed by atoms with van der Waals surface area (Å²) in [5, 5.41) is 0. The molecule has 7 heteroatoms. The molecule has 2 aromatic rings. The third-order valence-electron chi connectivity index (χ3n) is 5.32. The molecule has 7 nitrogen and oxygen atoms in total. The highest BCUT2D eigenvalue weighted by molar-refractivity contribution is 5.51. The van der Waals surface area contributed by atoms with Crippen molar-refractivity contribution in [2.24, 2.45) is 0 Å². The third-order valence-corrected chi connectivity index (χ3v) is 5.32. The lowest BCUT2D eigenvalue weighted by molar-refractivity contribution is 0.173. The Balaban J connectivity index is 1.53. The minimum Gasteiger partial charge on any atom is -0.493 e. The number of likely N-dealkylation sites (tertiary alicyclic amines) is 1. The van der Waals surface area contributed by atoms with Crippen LogP contribution in [0.2, 0.25) is 0 Å². The molecule has 2 aliphatic heterocycles. The van der Waals surface area contributed by atoms with Gasteiger partial charge in [-0.1, -0.05) is 6.92 Å². The van der Waals surface area contributed by atoms with E-state index < -0.39 is 0 Å². The summed E-state index contributed by atoms with van der Waals surface area (Å²) >= 11 is 0. The number of ether oxygens (including phenoxy) is 3. The third kappa shape index (κ3) is 3.99. The predicted molar refractivity (Wildman–Crippen MR) is 105 cm³/mol. The number of hydrogen-bond donors (Lipinski definition) is 1. The standard InChI is InChI=1S/C21H27N3O4/c1-3-16-9-20(25)23-21(22-16)14-6-5-7-24(11-14)12-15-8-18-19(28-13-27-18)10-17(15)26-4-2/h8-10,14H,3-7,11-13H2,1-2H3,(H,22,23,25)/t14-/m0/s1. The molecule has 0 unspecified atom stereocenters. The summed E-state index contributed by atoms with van der Waals surface area (Å²) in [4.78, 5) is 22.0. The molecule has 1 fully saturated rings. The van der Waals surface area contributed by atoms with Crippen LogP contribution in [-0.4, -0.2) is 41.4 Å². The van der Waals surface area contributed by atoms with E-state index in [9.17, 15) is 4.79 Å². The van der Waals surface area contributed by atoms with Gasteiger partial charge in [0.1, 0.15) is 11.6 Å². The fourth-order valence-corrected chi connectivity index (χ4v) is 3.95. The minimum absolute atomic E-state index is 0.0617. The van der Waals surface area contributed by atoms with Gasteiger partial charge in [0.2, 0.25) is 6.79 Å². The quantitative estimate of drug-likeness (QED) is 0.824. The van der Waals surface area contributed by atoms with Crippen LogP contribution in [-0.2, 0) is 13.0 Å². The van der Waals surface area contributed by atoms with Crippen molar-refractivity contribution in [3.8, 4) is 17.2 Å². The largest absolute Gasteiger partial charge is 0.493 e. The Morgan fingerprint density at radius 3 is 2.86 bits per heavy atom. The highest BCUT2D eigenvalue weighted by atomic mass is 16.7. The van der Waals surface area contributed by atoms with Crippen LogP contribution < -0.4 is 19.8 Å². The van der Waals surface area contributed by atoms with E-state index in [0.29, 0.717) is 6.61 Å². The molecule has 1 saturated heterocycles. The van der Waals surface area contributed by atoms with Crippen molar-refractivity contribution in [2.45, 2.75) is 45.6 Å². The molecule has 0 bridgehead atoms. The lowest BCUT2D eigenvalue weighted by atomic mass is 9.96. The topological polar surface area (TPSA) is 76.7 Å². The lowest BCUT2D eigenvalue weighted by Gasteiger charge is -2.32. The number of fused-ring (bicyclic) bond motifs is 1. The molecular weight excluding hydrogens is 358 g/mol. The number of aromatic amines is 1. The number of piperidine rings is 1. The van der Waals surface area contributed by atoms with Crippen molar-refractivity contribution in [2.75, 3.05) is 26.5 Å². The van der Waals surface area contributed by atoms with Crippen molar-refractivity contribution in [3.63, 3.8) is 0 Å². The number of aromatic nitrogens is 2. The molecule has 2 aliphatic rings. The van der Waals surface area contributed by atoms with E-state index in [1.807, 2.05) is 26.0 Å². The predicted octanol–water partition coefficient (Wildman–Crippen LogP) is 2.84. The molecule has 4 rings (SSSR count). The van der Waals surface area contributed by atoms with E-state index in [1.54, 1.807) is 6.07 Å². The summed E-state index contributed by atoms with van der Waals surface area (Å²) in [7, 11) is 0. The molecule has 0 radical (unpaired) electrons. The average Bonchev–Trinajstić information content (AvgIpc) is 3.15. The van der Waals surface area contributed by atoms with Crippen LogP contribution in [0.4, 0.5) is 0 Å². The monoisotopic (exact) mass is 385 g/mol. The van der Waals surface area contributed by atoms with Crippen molar-refractivity contribution >= 4 is 0 Å². The summed E-state index contributed by atoms with van der Waals surface area (Å²) in [6, 6.07) is 5.53. The van der Waals surface area contributed by atoms with Gasteiger partial charge in [0.15, 0.2) is 11.5 Å². The number of rotatable bonds is 6. The van der Waals surface area contributed by atoms with Crippen LogP contribution in [0.5, 0.6) is 17.2 Å². The number of aryl methyl sites for hydroxylation is 1. The zero-order valence-corrected chi connectivity index (χ0v) is 16.5. The van der Waals surface area contributed by atoms with Gasteiger partial charge in [-0.2, -0.15) is 0 Å². The van der Waals surface area contributed by atoms with Gasteiger partial charge in [-0.3, -0.25) is 9.69 Å². The summed E-state index contributed by atoms with van der Waals surface area (Å²) in [6.45, 7) is 7.49. The molecule has 0 spiro atoms. The van der Waals surface area contributed by atoms with Crippen LogP contribution in [0.25, 0.3) is 0 Å². The van der Waals surface area contributed by atoms with Crippen LogP contribution in [0, 0.1) is 0 Å². The number of nitrogens with one attached hydrogen (secondary N) is 1. The van der Waals surface area contributed by atoms with Gasteiger partial charge < -0.3 is 19.2 Å². The maximum Gasteiger partial charge on any atom is 0.251 e. The molecule has 150 valence electrons. The molecule has 1 aromatic carbocycles. The molecule has 0 aliphatic carbocycles. The van der Waals surface area contributed by atoms with Crippen molar-refractivity contribution in [1.82, 2.24) is 14.9 Å². The highest BCUT2D eigenvalue weighted by Gasteiger charge is 2.25. The Hall–Kier alpha value is -2.54. The molecule has 3 heterocycles. The second-order valence-corrected chi connectivity index (χ2v) is 7.30. The molecule has 0 saturated carbocycles. The number of nitrogens with zero attached hydrogens (tertiary/aromatic N) is 2. The second kappa shape index (κ2) is 8.22. The second-order valence-electron chi connectivity index (χ2n) is 7.30. The fraction of sp³-hybridized carbons (Fsp3) is 0.524. The number of H-pyrrole nitrogens is 1. The first-order valence-corrected chi connectivity index (χ1v) is 10.0. The van der Waals surface area contributed by atoms with E-state index in [1.165, 1.54) is 0 Å². The van der Waals surface area contributed by atoms with Gasteiger partial charge >= 0.3 is 0 Å². The average molecular weight is 385 g/mol. The molecular formula is C21H27N3O4. The van der Waals surface area contributed by atoms with Gasteiger partial charge in [-0.05, 0) is 38.8 Å². The number of hydrogen-bond acceptors (Lipinski definition) is 6. The molecule has 1 aromatic heterocycles. The SMILES string of the molecule is CCOc1cc2c(cc1CN1CCC[C@H](c3nc(CC)cc(=O)[nH]3)C1)OCO2. The molecule has 0 amide bonds. The Morgan fingerprint density at radius 2 is 2.07 bits per heavy atom. The summed E-state index contributed by atoms with van der Waals surface area (Å²) < 4.78 is 16.9. The van der Waals surface area contributed by atoms with Crippen LogP contribution in [0.3, 0.4) is 0 Å². The Kier molecular flexibility index (Phi) is 5.52. The van der Waals surface area contributed by atoms with E-state index in [4.69, 9.17) is 14.2 Å². The maximum atomic E-state index is 12.0. The van der Waals surface area contributed by atoms with E-state index >= 15 is 0 Å². The van der Waals surface area contributed by atoms with E-state index in [-0.39, 0.29) is 18.3 Å². The van der Waals surface area contributed by atoms with Gasteiger partial charge in [0, 0.05) is 42.4 Å². The Labute approximate surface area is 164 Å². The van der Waals surface area contributed by atoms with Gasteiger partial charge in [-0.25, -0.2) is 4.98 Å². The Morgan fingerprint density at radius 1 is 1.25 bits per heavy atom. The molecule has 1 N–H and O–H groups in total. The van der Waals surface area contributed by atoms with Gasteiger partial charge in [0.05, 0.1) is 6.61 Å². The first-order valence-electron chi connectivity index (χ1n) is 10.0. The molecule has 28 heavy (non-hydrogen) atoms. The summed E-state index contributed by atoms with van der Waals surface area (Å²) in [5.74, 6) is 3.39. The van der Waals surface area contributed by atoms with Crippen LogP contribution in [0.1, 0.15) is 49.7 Å². The van der Waals surface area contributed by atoms with E-state index in [0.717, 1.165) is 73.2 Å². The number of benzene rings is 1.